The van der Waals surface area contributed by atoms with Gasteiger partial charge in [-0.05, 0) is 27.2 Å². The second-order valence-corrected chi connectivity index (χ2v) is 4.03. The number of carbonyl (C=O) groups excluding carboxylic acids is 1. The third kappa shape index (κ3) is 5.31. The highest BCUT2D eigenvalue weighted by molar-refractivity contribution is 5.86. The van der Waals surface area contributed by atoms with Gasteiger partial charge in [0.15, 0.2) is 0 Å². The number of rotatable bonds is 8. The van der Waals surface area contributed by atoms with E-state index in [1.54, 1.807) is 24.8 Å². The van der Waals surface area contributed by atoms with Gasteiger partial charge >= 0.3 is 5.97 Å². The molecule has 104 valence electrons. The second kappa shape index (κ2) is 8.69. The summed E-state index contributed by atoms with van der Waals surface area (Å²) in [5.74, 6) is -0.858. The minimum Gasteiger partial charge on any atom is -0.478 e. The van der Waals surface area contributed by atoms with Gasteiger partial charge in [-0.2, -0.15) is 0 Å². The average molecular weight is 256 g/mol. The first-order valence-corrected chi connectivity index (χ1v) is 6.42. The SMILES string of the molecule is CC/C(=C/CNC(C)C(=O)N(CC)CC)C(=O)O. The van der Waals surface area contributed by atoms with Crippen molar-refractivity contribution in [3.05, 3.63) is 11.6 Å². The largest absolute Gasteiger partial charge is 0.478 e. The molecule has 0 saturated carbocycles. The summed E-state index contributed by atoms with van der Waals surface area (Å²) in [6.07, 6.45) is 2.10. The van der Waals surface area contributed by atoms with Crippen molar-refractivity contribution in [2.24, 2.45) is 0 Å². The highest BCUT2D eigenvalue weighted by atomic mass is 16.4. The van der Waals surface area contributed by atoms with E-state index in [9.17, 15) is 9.59 Å². The van der Waals surface area contributed by atoms with E-state index < -0.39 is 5.97 Å². The molecule has 0 aliphatic carbocycles. The fraction of sp³-hybridized carbons (Fsp3) is 0.692. The van der Waals surface area contributed by atoms with Gasteiger partial charge in [-0.1, -0.05) is 13.0 Å². The molecule has 0 aromatic rings. The van der Waals surface area contributed by atoms with Crippen molar-refractivity contribution >= 4 is 11.9 Å². The number of carboxylic acids is 1. The van der Waals surface area contributed by atoms with Crippen LogP contribution in [0.1, 0.15) is 34.1 Å². The van der Waals surface area contributed by atoms with Crippen LogP contribution in [0.5, 0.6) is 0 Å². The molecule has 0 rings (SSSR count). The highest BCUT2D eigenvalue weighted by Gasteiger charge is 2.16. The Balaban J connectivity index is 4.29. The third-order valence-corrected chi connectivity index (χ3v) is 2.87. The van der Waals surface area contributed by atoms with Crippen LogP contribution < -0.4 is 5.32 Å². The molecule has 1 amide bonds. The monoisotopic (exact) mass is 256 g/mol. The Morgan fingerprint density at radius 3 is 2.22 bits per heavy atom. The average Bonchev–Trinajstić information content (AvgIpc) is 2.35. The zero-order chi connectivity index (χ0) is 14.1. The standard InChI is InChI=1S/C13H24N2O3/c1-5-11(13(17)18)8-9-14-10(4)12(16)15(6-2)7-3/h8,10,14H,5-7,9H2,1-4H3,(H,17,18)/b11-8-. The van der Waals surface area contributed by atoms with Crippen molar-refractivity contribution in [1.29, 1.82) is 0 Å². The van der Waals surface area contributed by atoms with Crippen molar-refractivity contribution in [3.63, 3.8) is 0 Å². The van der Waals surface area contributed by atoms with E-state index in [0.29, 0.717) is 31.6 Å². The summed E-state index contributed by atoms with van der Waals surface area (Å²) in [7, 11) is 0. The van der Waals surface area contributed by atoms with Gasteiger partial charge in [0.25, 0.3) is 0 Å². The Morgan fingerprint density at radius 2 is 1.83 bits per heavy atom. The maximum absolute atomic E-state index is 11.9. The summed E-state index contributed by atoms with van der Waals surface area (Å²) in [5.41, 5.74) is 0.366. The summed E-state index contributed by atoms with van der Waals surface area (Å²) in [5, 5.41) is 11.9. The van der Waals surface area contributed by atoms with Crippen molar-refractivity contribution in [3.8, 4) is 0 Å². The van der Waals surface area contributed by atoms with Crippen LogP contribution in [0.15, 0.2) is 11.6 Å². The summed E-state index contributed by atoms with van der Waals surface area (Å²) in [6.45, 7) is 9.23. The normalized spacial score (nSPS) is 13.2. The van der Waals surface area contributed by atoms with Gasteiger partial charge in [-0.3, -0.25) is 4.79 Å². The lowest BCUT2D eigenvalue weighted by molar-refractivity contribution is -0.133. The number of likely N-dealkylation sites (N-methyl/N-ethyl adjacent to an activating group) is 1. The van der Waals surface area contributed by atoms with Gasteiger partial charge in [-0.25, -0.2) is 4.79 Å². The molecule has 0 bridgehead atoms. The minimum absolute atomic E-state index is 0.0433. The van der Waals surface area contributed by atoms with Crippen LogP contribution in [0.3, 0.4) is 0 Å². The van der Waals surface area contributed by atoms with Gasteiger partial charge in [0.1, 0.15) is 0 Å². The van der Waals surface area contributed by atoms with E-state index >= 15 is 0 Å². The fourth-order valence-electron chi connectivity index (χ4n) is 1.64. The van der Waals surface area contributed by atoms with Crippen molar-refractivity contribution < 1.29 is 14.7 Å². The van der Waals surface area contributed by atoms with E-state index in [1.165, 1.54) is 0 Å². The number of hydrogen-bond donors (Lipinski definition) is 2. The molecule has 0 heterocycles. The first kappa shape index (κ1) is 16.6. The van der Waals surface area contributed by atoms with Gasteiger partial charge in [-0.15, -0.1) is 0 Å². The maximum Gasteiger partial charge on any atom is 0.331 e. The predicted molar refractivity (Wildman–Crippen MR) is 71.4 cm³/mol. The lowest BCUT2D eigenvalue weighted by atomic mass is 10.2. The summed E-state index contributed by atoms with van der Waals surface area (Å²) < 4.78 is 0. The molecule has 1 atom stereocenters. The molecule has 5 nitrogen and oxygen atoms in total. The Labute approximate surface area is 109 Å². The van der Waals surface area contributed by atoms with Crippen molar-refractivity contribution in [2.45, 2.75) is 40.2 Å². The number of nitrogens with zero attached hydrogens (tertiary/aromatic N) is 1. The van der Waals surface area contributed by atoms with Crippen molar-refractivity contribution in [1.82, 2.24) is 10.2 Å². The summed E-state index contributed by atoms with van der Waals surface area (Å²) in [6, 6.07) is -0.298. The van der Waals surface area contributed by atoms with E-state index in [0.717, 1.165) is 0 Å². The second-order valence-electron chi connectivity index (χ2n) is 4.03. The Kier molecular flexibility index (Phi) is 8.03. The van der Waals surface area contributed by atoms with Crippen LogP contribution in [-0.4, -0.2) is 47.6 Å². The van der Waals surface area contributed by atoms with Crippen LogP contribution in [0.2, 0.25) is 0 Å². The number of carboxylic acid groups (broad SMARTS) is 1. The molecule has 2 N–H and O–H groups in total. The van der Waals surface area contributed by atoms with E-state index in [1.807, 2.05) is 13.8 Å². The fourth-order valence-corrected chi connectivity index (χ4v) is 1.64. The number of nitrogens with one attached hydrogen (secondary N) is 1. The quantitative estimate of drug-likeness (QED) is 0.641. The molecule has 0 aromatic heterocycles. The topological polar surface area (TPSA) is 69.6 Å². The highest BCUT2D eigenvalue weighted by Crippen LogP contribution is 2.00. The Hall–Kier alpha value is -1.36. The Bertz CT molecular complexity index is 309. The Morgan fingerprint density at radius 1 is 1.28 bits per heavy atom. The van der Waals surface area contributed by atoms with E-state index in [4.69, 9.17) is 5.11 Å². The van der Waals surface area contributed by atoms with Gasteiger partial charge in [0.05, 0.1) is 6.04 Å². The maximum atomic E-state index is 11.9. The van der Waals surface area contributed by atoms with E-state index in [2.05, 4.69) is 5.32 Å². The van der Waals surface area contributed by atoms with Crippen molar-refractivity contribution in [2.75, 3.05) is 19.6 Å². The molecule has 0 spiro atoms. The third-order valence-electron chi connectivity index (χ3n) is 2.87. The van der Waals surface area contributed by atoms with Gasteiger partial charge in [0, 0.05) is 25.2 Å². The molecule has 0 aliphatic heterocycles. The smallest absolute Gasteiger partial charge is 0.331 e. The van der Waals surface area contributed by atoms with Crippen LogP contribution >= 0.6 is 0 Å². The van der Waals surface area contributed by atoms with E-state index in [-0.39, 0.29) is 11.9 Å². The molecular formula is C13H24N2O3. The van der Waals surface area contributed by atoms with Gasteiger partial charge in [0.2, 0.25) is 5.91 Å². The predicted octanol–water partition coefficient (Wildman–Crippen LogP) is 1.25. The molecule has 0 radical (unpaired) electrons. The molecule has 5 heteroatoms. The number of amides is 1. The van der Waals surface area contributed by atoms with Crippen LogP contribution in [-0.2, 0) is 9.59 Å². The molecule has 0 aromatic carbocycles. The van der Waals surface area contributed by atoms with Gasteiger partial charge < -0.3 is 15.3 Å². The molecule has 0 aliphatic rings. The molecule has 1 unspecified atom stereocenters. The molecule has 0 fully saturated rings. The summed E-state index contributed by atoms with van der Waals surface area (Å²) >= 11 is 0. The zero-order valence-electron chi connectivity index (χ0n) is 11.7. The van der Waals surface area contributed by atoms with Crippen LogP contribution in [0, 0.1) is 0 Å². The summed E-state index contributed by atoms with van der Waals surface area (Å²) in [4.78, 5) is 24.4. The molecule has 18 heavy (non-hydrogen) atoms. The minimum atomic E-state index is -0.901. The number of hydrogen-bond acceptors (Lipinski definition) is 3. The number of carbonyl (C=O) groups is 2. The molecule has 0 saturated heterocycles. The number of aliphatic carboxylic acids is 1. The lowest BCUT2D eigenvalue weighted by Crippen LogP contribution is -2.44. The lowest BCUT2D eigenvalue weighted by Gasteiger charge is -2.23. The van der Waals surface area contributed by atoms with Crippen LogP contribution in [0.4, 0.5) is 0 Å². The first-order valence-electron chi connectivity index (χ1n) is 6.42. The molecular weight excluding hydrogens is 232 g/mol. The first-order chi connectivity index (χ1) is 8.47. The van der Waals surface area contributed by atoms with Crippen LogP contribution in [0.25, 0.3) is 0 Å². The zero-order valence-corrected chi connectivity index (χ0v) is 11.7.